The van der Waals surface area contributed by atoms with E-state index in [-0.39, 0.29) is 28.2 Å². The number of pyridine rings is 1. The van der Waals surface area contributed by atoms with E-state index in [1.54, 1.807) is 13.8 Å². The molecule has 2 N–H and O–H groups in total. The van der Waals surface area contributed by atoms with E-state index in [9.17, 15) is 14.4 Å². The summed E-state index contributed by atoms with van der Waals surface area (Å²) in [7, 11) is 1.23. The number of aromatic nitrogens is 2. The van der Waals surface area contributed by atoms with Crippen LogP contribution in [0.15, 0.2) is 42.2 Å². The summed E-state index contributed by atoms with van der Waals surface area (Å²) in [4.78, 5) is 45.6. The lowest BCUT2D eigenvalue weighted by molar-refractivity contribution is 0.0596. The molecule has 0 aliphatic heterocycles. The average molecular weight is 403 g/mol. The zero-order valence-corrected chi connectivity index (χ0v) is 17.0. The van der Waals surface area contributed by atoms with E-state index >= 15 is 0 Å². The number of fused-ring (bicyclic) bond motifs is 2. The lowest BCUT2D eigenvalue weighted by Crippen LogP contribution is -2.31. The zero-order chi connectivity index (χ0) is 21.4. The van der Waals surface area contributed by atoms with Crippen molar-refractivity contribution in [2.24, 2.45) is 0 Å². The van der Waals surface area contributed by atoms with Crippen LogP contribution in [0.2, 0.25) is 0 Å². The van der Waals surface area contributed by atoms with E-state index in [4.69, 9.17) is 4.74 Å². The maximum Gasteiger partial charge on any atom is 0.340 e. The van der Waals surface area contributed by atoms with Crippen LogP contribution in [0, 0.1) is 13.8 Å². The van der Waals surface area contributed by atoms with Crippen molar-refractivity contribution in [2.45, 2.75) is 20.3 Å². The Hall–Kier alpha value is -3.74. The van der Waals surface area contributed by atoms with E-state index in [0.717, 1.165) is 16.5 Å². The number of hydrogen-bond donors (Lipinski definition) is 2. The van der Waals surface area contributed by atoms with E-state index in [1.807, 2.05) is 30.5 Å². The molecule has 0 spiro atoms. The molecule has 0 unspecified atom stereocenters. The van der Waals surface area contributed by atoms with Crippen LogP contribution < -0.4 is 5.32 Å². The number of H-pyrrole nitrogens is 1. The number of benzene rings is 1. The van der Waals surface area contributed by atoms with Gasteiger partial charge in [0.25, 0.3) is 0 Å². The van der Waals surface area contributed by atoms with Crippen molar-refractivity contribution in [3.05, 3.63) is 75.9 Å². The lowest BCUT2D eigenvalue weighted by Gasteiger charge is -2.21. The van der Waals surface area contributed by atoms with Crippen LogP contribution in [0.3, 0.4) is 0 Å². The predicted octanol–water partition coefficient (Wildman–Crippen LogP) is 3.06. The molecule has 0 bridgehead atoms. The summed E-state index contributed by atoms with van der Waals surface area (Å²) in [6.45, 7) is 3.76. The Labute approximate surface area is 173 Å². The number of carbonyl (C=O) groups is 3. The summed E-state index contributed by atoms with van der Waals surface area (Å²) in [5, 5.41) is 4.21. The molecule has 7 heteroatoms. The van der Waals surface area contributed by atoms with Crippen LogP contribution >= 0.6 is 0 Å². The van der Waals surface area contributed by atoms with Gasteiger partial charge < -0.3 is 15.0 Å². The van der Waals surface area contributed by atoms with Crippen molar-refractivity contribution >= 4 is 28.4 Å². The van der Waals surface area contributed by atoms with Gasteiger partial charge in [-0.25, -0.2) is 4.79 Å². The molecule has 4 rings (SSSR count). The summed E-state index contributed by atoms with van der Waals surface area (Å²) >= 11 is 0. The highest BCUT2D eigenvalue weighted by molar-refractivity contribution is 6.27. The minimum Gasteiger partial charge on any atom is -0.465 e. The number of nitrogens with one attached hydrogen (secondary N) is 2. The normalized spacial score (nSPS) is 13.2. The molecule has 0 saturated carbocycles. The number of aryl methyl sites for hydroxylation is 2. The van der Waals surface area contributed by atoms with E-state index in [0.29, 0.717) is 24.4 Å². The molecule has 0 amide bonds. The number of allylic oxidation sites excluding steroid dienone is 2. The van der Waals surface area contributed by atoms with Gasteiger partial charge in [0.05, 0.1) is 35.2 Å². The maximum absolute atomic E-state index is 13.1. The number of hydrogen-bond acceptors (Lipinski definition) is 6. The van der Waals surface area contributed by atoms with Gasteiger partial charge in [-0.2, -0.15) is 0 Å². The maximum atomic E-state index is 13.1. The first-order chi connectivity index (χ1) is 14.4. The molecule has 30 heavy (non-hydrogen) atoms. The van der Waals surface area contributed by atoms with E-state index in [2.05, 4.69) is 15.3 Å². The Morgan fingerprint density at radius 3 is 2.67 bits per heavy atom. The smallest absolute Gasteiger partial charge is 0.340 e. The Kier molecular flexibility index (Phi) is 4.95. The second kappa shape index (κ2) is 7.59. The molecular weight excluding hydrogens is 382 g/mol. The molecule has 0 radical (unpaired) electrons. The summed E-state index contributed by atoms with van der Waals surface area (Å²) in [6.07, 6.45) is 3.88. The van der Waals surface area contributed by atoms with Gasteiger partial charge in [-0.15, -0.1) is 0 Å². The Balaban J connectivity index is 1.60. The number of carbonyl (C=O) groups excluding carboxylic acids is 3. The standard InChI is InChI=1S/C23H21N3O4/c1-12-19-21(20(13(2)26-12)23(29)30-3)18(27)10-17(22(19)28)24-9-8-14-11-25-16-7-5-4-6-15(14)16/h4-7,10-11,24-25H,8-9H2,1-3H3. The SMILES string of the molecule is COC(=O)c1c(C)nc(C)c2c1C(=O)C=C(NCCc1c[nH]c3ccccc13)C2=O. The molecule has 7 nitrogen and oxygen atoms in total. The van der Waals surface area contributed by atoms with Crippen molar-refractivity contribution in [3.8, 4) is 0 Å². The second-order valence-corrected chi connectivity index (χ2v) is 7.19. The lowest BCUT2D eigenvalue weighted by atomic mass is 9.87. The third kappa shape index (κ3) is 3.18. The first kappa shape index (κ1) is 19.6. The van der Waals surface area contributed by atoms with Gasteiger partial charge in [-0.05, 0) is 31.9 Å². The largest absolute Gasteiger partial charge is 0.465 e. The number of esters is 1. The number of ether oxygens (including phenoxy) is 1. The molecule has 2 aromatic heterocycles. The highest BCUT2D eigenvalue weighted by atomic mass is 16.5. The zero-order valence-electron chi connectivity index (χ0n) is 17.0. The highest BCUT2D eigenvalue weighted by Gasteiger charge is 2.34. The van der Waals surface area contributed by atoms with Crippen LogP contribution in [-0.2, 0) is 11.2 Å². The Morgan fingerprint density at radius 1 is 1.13 bits per heavy atom. The molecule has 1 aromatic carbocycles. The second-order valence-electron chi connectivity index (χ2n) is 7.19. The molecule has 3 aromatic rings. The van der Waals surface area contributed by atoms with Gasteiger partial charge >= 0.3 is 5.97 Å². The van der Waals surface area contributed by atoms with Crippen molar-refractivity contribution in [1.29, 1.82) is 0 Å². The third-order valence-electron chi connectivity index (χ3n) is 5.33. The minimum absolute atomic E-state index is 0.0468. The molecule has 1 aliphatic carbocycles. The molecule has 0 atom stereocenters. The van der Waals surface area contributed by atoms with E-state index in [1.165, 1.54) is 13.2 Å². The van der Waals surface area contributed by atoms with Gasteiger partial charge in [0, 0.05) is 35.4 Å². The summed E-state index contributed by atoms with van der Waals surface area (Å²) < 4.78 is 4.79. The van der Waals surface area contributed by atoms with Gasteiger partial charge in [0.15, 0.2) is 5.78 Å². The fourth-order valence-corrected chi connectivity index (χ4v) is 3.93. The minimum atomic E-state index is -0.679. The number of methoxy groups -OCH3 is 1. The molecule has 2 heterocycles. The topological polar surface area (TPSA) is 101 Å². The Morgan fingerprint density at radius 2 is 1.90 bits per heavy atom. The number of nitrogens with zero attached hydrogens (tertiary/aromatic N) is 1. The van der Waals surface area contributed by atoms with Gasteiger partial charge in [-0.3, -0.25) is 14.6 Å². The average Bonchev–Trinajstić information content (AvgIpc) is 3.14. The van der Waals surface area contributed by atoms with Crippen LogP contribution in [0.1, 0.15) is 48.0 Å². The number of ketones is 2. The van der Waals surface area contributed by atoms with Crippen molar-refractivity contribution in [1.82, 2.24) is 15.3 Å². The fraction of sp³-hybridized carbons (Fsp3) is 0.217. The molecule has 0 saturated heterocycles. The third-order valence-corrected chi connectivity index (χ3v) is 5.33. The molecule has 1 aliphatic rings. The quantitative estimate of drug-likeness (QED) is 0.635. The van der Waals surface area contributed by atoms with Crippen molar-refractivity contribution in [2.75, 3.05) is 13.7 Å². The number of aromatic amines is 1. The molecule has 0 fully saturated rings. The van der Waals surface area contributed by atoms with Crippen LogP contribution in [0.5, 0.6) is 0 Å². The Bertz CT molecular complexity index is 1240. The van der Waals surface area contributed by atoms with Gasteiger partial charge in [0.1, 0.15) is 0 Å². The fourth-order valence-electron chi connectivity index (χ4n) is 3.93. The predicted molar refractivity (Wildman–Crippen MR) is 112 cm³/mol. The van der Waals surface area contributed by atoms with Crippen molar-refractivity contribution < 1.29 is 19.1 Å². The summed E-state index contributed by atoms with van der Waals surface area (Å²) in [5.74, 6) is -1.44. The van der Waals surface area contributed by atoms with Gasteiger partial charge in [-0.1, -0.05) is 18.2 Å². The summed E-state index contributed by atoms with van der Waals surface area (Å²) in [6, 6.07) is 7.99. The van der Waals surface area contributed by atoms with E-state index < -0.39 is 11.8 Å². The molecule has 152 valence electrons. The first-order valence-corrected chi connectivity index (χ1v) is 9.61. The van der Waals surface area contributed by atoms with Gasteiger partial charge in [0.2, 0.25) is 5.78 Å². The first-order valence-electron chi connectivity index (χ1n) is 9.61. The van der Waals surface area contributed by atoms with Crippen LogP contribution in [-0.4, -0.2) is 41.2 Å². The number of rotatable bonds is 5. The number of Topliss-reactive ketones (excluding diaryl/α,β-unsaturated/α-hetero) is 1. The monoisotopic (exact) mass is 403 g/mol. The highest BCUT2D eigenvalue weighted by Crippen LogP contribution is 2.28. The van der Waals surface area contributed by atoms with Crippen LogP contribution in [0.25, 0.3) is 10.9 Å². The van der Waals surface area contributed by atoms with Crippen molar-refractivity contribution in [3.63, 3.8) is 0 Å². The van der Waals surface area contributed by atoms with Crippen LogP contribution in [0.4, 0.5) is 0 Å². The molecular formula is C23H21N3O4. The number of para-hydroxylation sites is 1. The summed E-state index contributed by atoms with van der Waals surface area (Å²) in [5.41, 5.74) is 3.43.